The maximum Gasteiger partial charge on any atom is 0.414 e. The van der Waals surface area contributed by atoms with Gasteiger partial charge in [0.05, 0.1) is 18.8 Å². The molecule has 1 aliphatic heterocycles. The molecule has 0 bridgehead atoms. The van der Waals surface area contributed by atoms with Crippen molar-refractivity contribution in [2.75, 3.05) is 18.1 Å². The maximum atomic E-state index is 14.7. The van der Waals surface area contributed by atoms with Gasteiger partial charge in [0, 0.05) is 23.5 Å². The Bertz CT molecular complexity index is 1040. The molecule has 10 heteroatoms. The van der Waals surface area contributed by atoms with Crippen molar-refractivity contribution < 1.29 is 19.0 Å². The van der Waals surface area contributed by atoms with E-state index in [0.717, 1.165) is 0 Å². The van der Waals surface area contributed by atoms with E-state index < -0.39 is 18.0 Å². The van der Waals surface area contributed by atoms with Gasteiger partial charge in [0.25, 0.3) is 0 Å². The van der Waals surface area contributed by atoms with Crippen LogP contribution in [0.2, 0.25) is 0 Å². The minimum atomic E-state index is -0.614. The van der Waals surface area contributed by atoms with Crippen LogP contribution in [0.5, 0.6) is 0 Å². The molecular weight excluding hydrogens is 367 g/mol. The first-order valence-corrected chi connectivity index (χ1v) is 8.36. The minimum Gasteiger partial charge on any atom is -0.441 e. The Morgan fingerprint density at radius 2 is 2.21 bits per heavy atom. The number of cyclic esters (lactones) is 1. The van der Waals surface area contributed by atoms with Crippen molar-refractivity contribution in [1.29, 1.82) is 0 Å². The number of carbonyl (C=O) groups excluding carboxylic acids is 1. The Labute approximate surface area is 158 Å². The number of hydrogen-bond acceptors (Lipinski definition) is 7. The van der Waals surface area contributed by atoms with E-state index in [4.69, 9.17) is 9.84 Å². The summed E-state index contributed by atoms with van der Waals surface area (Å²) >= 11 is 0. The lowest BCUT2D eigenvalue weighted by Crippen LogP contribution is -2.25. The molecule has 1 atom stereocenters. The van der Waals surface area contributed by atoms with E-state index in [1.165, 1.54) is 28.2 Å². The SMILES string of the molecule is C=Cn1nnc(-c2ccc(-c3ccc(N4C[C@@H](CO)OC4=O)cc3F)cn2)n1. The van der Waals surface area contributed by atoms with Gasteiger partial charge < -0.3 is 9.84 Å². The highest BCUT2D eigenvalue weighted by Gasteiger charge is 2.32. The number of halogens is 1. The monoisotopic (exact) mass is 382 g/mol. The number of anilines is 1. The minimum absolute atomic E-state index is 0.169. The normalized spacial score (nSPS) is 16.3. The third-order valence-corrected chi connectivity index (χ3v) is 4.24. The molecule has 2 aromatic heterocycles. The highest BCUT2D eigenvalue weighted by Crippen LogP contribution is 2.29. The number of rotatable bonds is 5. The van der Waals surface area contributed by atoms with Crippen molar-refractivity contribution in [2.24, 2.45) is 0 Å². The second-order valence-corrected chi connectivity index (χ2v) is 6.01. The van der Waals surface area contributed by atoms with E-state index in [1.807, 2.05) is 0 Å². The van der Waals surface area contributed by atoms with Crippen LogP contribution in [0.15, 0.2) is 43.1 Å². The summed E-state index contributed by atoms with van der Waals surface area (Å²) in [5.74, 6) is -0.184. The molecule has 1 N–H and O–H groups in total. The van der Waals surface area contributed by atoms with Gasteiger partial charge in [-0.25, -0.2) is 9.18 Å². The van der Waals surface area contributed by atoms with Crippen molar-refractivity contribution >= 4 is 18.0 Å². The number of pyridine rings is 1. The molecule has 0 aliphatic carbocycles. The number of amides is 1. The largest absolute Gasteiger partial charge is 0.441 e. The molecule has 9 nitrogen and oxygen atoms in total. The van der Waals surface area contributed by atoms with Gasteiger partial charge >= 0.3 is 6.09 Å². The summed E-state index contributed by atoms with van der Waals surface area (Å²) in [4.78, 5) is 18.6. The third-order valence-electron chi connectivity index (χ3n) is 4.24. The van der Waals surface area contributed by atoms with Crippen LogP contribution in [0.1, 0.15) is 0 Å². The van der Waals surface area contributed by atoms with Crippen molar-refractivity contribution in [3.8, 4) is 22.6 Å². The predicted octanol–water partition coefficient (Wildman–Crippen LogP) is 1.96. The van der Waals surface area contributed by atoms with Crippen LogP contribution in [-0.2, 0) is 4.74 Å². The molecule has 1 saturated heterocycles. The van der Waals surface area contributed by atoms with E-state index >= 15 is 0 Å². The topological polar surface area (TPSA) is 106 Å². The molecule has 4 rings (SSSR count). The standard InChI is InChI=1S/C18H15FN6O3/c1-2-25-22-17(21-23-25)16-6-3-11(8-20-16)14-5-4-12(7-15(14)19)24-9-13(10-26)28-18(24)27/h2-8,13,26H,1,9-10H2/t13-/m0/s1. The van der Waals surface area contributed by atoms with E-state index in [-0.39, 0.29) is 13.2 Å². The second-order valence-electron chi connectivity index (χ2n) is 6.01. The van der Waals surface area contributed by atoms with Crippen molar-refractivity contribution in [3.63, 3.8) is 0 Å². The second kappa shape index (κ2) is 7.16. The number of tetrazole rings is 1. The molecular formula is C18H15FN6O3. The first kappa shape index (κ1) is 17.7. The van der Waals surface area contributed by atoms with Crippen LogP contribution in [0, 0.1) is 5.82 Å². The number of carbonyl (C=O) groups is 1. The maximum absolute atomic E-state index is 14.7. The van der Waals surface area contributed by atoms with Gasteiger partial charge in [0.2, 0.25) is 5.82 Å². The lowest BCUT2D eigenvalue weighted by atomic mass is 10.1. The van der Waals surface area contributed by atoms with E-state index in [1.54, 1.807) is 24.3 Å². The molecule has 0 unspecified atom stereocenters. The van der Waals surface area contributed by atoms with Gasteiger partial charge in [-0.05, 0) is 29.5 Å². The van der Waals surface area contributed by atoms with Crippen LogP contribution >= 0.6 is 0 Å². The van der Waals surface area contributed by atoms with Crippen LogP contribution in [0.3, 0.4) is 0 Å². The average molecular weight is 382 g/mol. The molecule has 0 saturated carbocycles. The van der Waals surface area contributed by atoms with E-state index in [2.05, 4.69) is 27.0 Å². The highest BCUT2D eigenvalue weighted by molar-refractivity contribution is 5.90. The molecule has 28 heavy (non-hydrogen) atoms. The molecule has 1 amide bonds. The Morgan fingerprint density at radius 3 is 2.82 bits per heavy atom. The van der Waals surface area contributed by atoms with Crippen LogP contribution in [0.25, 0.3) is 28.8 Å². The summed E-state index contributed by atoms with van der Waals surface area (Å²) in [6, 6.07) is 7.79. The highest BCUT2D eigenvalue weighted by atomic mass is 19.1. The Kier molecular flexibility index (Phi) is 4.53. The number of ether oxygens (including phenoxy) is 1. The van der Waals surface area contributed by atoms with Gasteiger partial charge in [-0.3, -0.25) is 9.88 Å². The molecule has 1 aromatic carbocycles. The van der Waals surface area contributed by atoms with Crippen LogP contribution in [0.4, 0.5) is 14.9 Å². The lowest BCUT2D eigenvalue weighted by Gasteiger charge is -2.14. The first-order chi connectivity index (χ1) is 13.6. The number of aliphatic hydroxyl groups is 1. The Hall–Kier alpha value is -3.66. The van der Waals surface area contributed by atoms with E-state index in [0.29, 0.717) is 28.3 Å². The molecule has 0 radical (unpaired) electrons. The Balaban J connectivity index is 1.58. The van der Waals surface area contributed by atoms with Crippen molar-refractivity contribution in [3.05, 3.63) is 48.9 Å². The third kappa shape index (κ3) is 3.21. The zero-order valence-electron chi connectivity index (χ0n) is 14.6. The van der Waals surface area contributed by atoms with Gasteiger partial charge in [0.15, 0.2) is 0 Å². The smallest absolute Gasteiger partial charge is 0.414 e. The number of aromatic nitrogens is 5. The van der Waals surface area contributed by atoms with Crippen molar-refractivity contribution in [1.82, 2.24) is 25.2 Å². The molecule has 142 valence electrons. The lowest BCUT2D eigenvalue weighted by molar-refractivity contribution is 0.0963. The number of aliphatic hydroxyl groups excluding tert-OH is 1. The van der Waals surface area contributed by atoms with Gasteiger partial charge in [-0.15, -0.1) is 15.0 Å². The summed E-state index contributed by atoms with van der Waals surface area (Å²) in [6.45, 7) is 3.43. The molecule has 1 fully saturated rings. The summed E-state index contributed by atoms with van der Waals surface area (Å²) in [5.41, 5.74) is 1.73. The fourth-order valence-electron chi connectivity index (χ4n) is 2.82. The summed E-state index contributed by atoms with van der Waals surface area (Å²) in [5, 5.41) is 20.8. The molecule has 3 aromatic rings. The predicted molar refractivity (Wildman–Crippen MR) is 97.5 cm³/mol. The van der Waals surface area contributed by atoms with Gasteiger partial charge in [0.1, 0.15) is 17.6 Å². The van der Waals surface area contributed by atoms with Crippen molar-refractivity contribution in [2.45, 2.75) is 6.10 Å². The Morgan fingerprint density at radius 1 is 1.36 bits per heavy atom. The van der Waals surface area contributed by atoms with Gasteiger partial charge in [-0.2, -0.15) is 0 Å². The summed E-state index contributed by atoms with van der Waals surface area (Å²) in [6.07, 6.45) is 1.69. The molecule has 0 spiro atoms. The average Bonchev–Trinajstić information content (AvgIpc) is 3.34. The zero-order chi connectivity index (χ0) is 19.7. The first-order valence-electron chi connectivity index (χ1n) is 8.36. The summed E-state index contributed by atoms with van der Waals surface area (Å²) in [7, 11) is 0. The zero-order valence-corrected chi connectivity index (χ0v) is 14.6. The van der Waals surface area contributed by atoms with E-state index in [9.17, 15) is 9.18 Å². The van der Waals surface area contributed by atoms with Crippen LogP contribution in [-0.4, -0.2) is 55.6 Å². The quantitative estimate of drug-likeness (QED) is 0.719. The number of benzene rings is 1. The van der Waals surface area contributed by atoms with Crippen LogP contribution < -0.4 is 4.90 Å². The number of hydrogen-bond donors (Lipinski definition) is 1. The molecule has 3 heterocycles. The fourth-order valence-corrected chi connectivity index (χ4v) is 2.82. The number of nitrogens with zero attached hydrogens (tertiary/aromatic N) is 6. The van der Waals surface area contributed by atoms with Gasteiger partial charge in [-0.1, -0.05) is 12.6 Å². The summed E-state index contributed by atoms with van der Waals surface area (Å²) < 4.78 is 19.6. The fraction of sp³-hybridized carbons (Fsp3) is 0.167. The molecule has 1 aliphatic rings.